The van der Waals surface area contributed by atoms with Crippen molar-refractivity contribution in [2.45, 2.75) is 424 Å². The number of carbonyl (C=O) groups is 2. The first-order valence-corrected chi connectivity index (χ1v) is 37.3. The van der Waals surface area contributed by atoms with Crippen LogP contribution in [0.5, 0.6) is 0 Å². The highest BCUT2D eigenvalue weighted by Crippen LogP contribution is 2.19. The minimum atomic E-state index is -0.844. The molecular formula is C76H145NO5. The van der Waals surface area contributed by atoms with E-state index >= 15 is 0 Å². The molecule has 0 aliphatic carbocycles. The molecule has 3 N–H and O–H groups in total. The Morgan fingerprint density at radius 3 is 0.939 bits per heavy atom. The van der Waals surface area contributed by atoms with Crippen LogP contribution in [0.25, 0.3) is 0 Å². The summed E-state index contributed by atoms with van der Waals surface area (Å²) in [5.41, 5.74) is 0. The van der Waals surface area contributed by atoms with Gasteiger partial charge in [0.25, 0.3) is 0 Å². The third-order valence-corrected chi connectivity index (χ3v) is 17.4. The average Bonchev–Trinajstić information content (AvgIpc) is 3.48. The predicted octanol–water partition coefficient (Wildman–Crippen LogP) is 24.3. The molecule has 0 spiro atoms. The topological polar surface area (TPSA) is 95.9 Å². The summed E-state index contributed by atoms with van der Waals surface area (Å²) in [6, 6.07) is -0.627. The Labute approximate surface area is 513 Å². The van der Waals surface area contributed by atoms with Crippen LogP contribution in [-0.4, -0.2) is 47.4 Å². The molecule has 0 aliphatic heterocycles. The zero-order valence-electron chi connectivity index (χ0n) is 55.5. The first-order valence-electron chi connectivity index (χ1n) is 37.3. The highest BCUT2D eigenvalue weighted by atomic mass is 16.5. The van der Waals surface area contributed by atoms with Crippen LogP contribution in [0.3, 0.4) is 0 Å². The third-order valence-electron chi connectivity index (χ3n) is 17.4. The van der Waals surface area contributed by atoms with E-state index < -0.39 is 12.1 Å². The number of hydrogen-bond donors (Lipinski definition) is 3. The lowest BCUT2D eigenvalue weighted by Gasteiger charge is -2.20. The van der Waals surface area contributed by atoms with Crippen LogP contribution in [-0.2, 0) is 14.3 Å². The van der Waals surface area contributed by atoms with Gasteiger partial charge in [0, 0.05) is 12.8 Å². The van der Waals surface area contributed by atoms with E-state index in [0.29, 0.717) is 19.4 Å². The number of aliphatic hydroxyl groups excluding tert-OH is 2. The molecule has 0 aromatic rings. The van der Waals surface area contributed by atoms with Crippen molar-refractivity contribution in [2.75, 3.05) is 13.2 Å². The van der Waals surface area contributed by atoms with Crippen molar-refractivity contribution in [3.8, 4) is 0 Å². The van der Waals surface area contributed by atoms with Crippen molar-refractivity contribution in [3.05, 3.63) is 36.5 Å². The van der Waals surface area contributed by atoms with Crippen molar-refractivity contribution < 1.29 is 24.5 Å². The van der Waals surface area contributed by atoms with Crippen molar-refractivity contribution in [1.82, 2.24) is 5.32 Å². The van der Waals surface area contributed by atoms with Crippen LogP contribution in [0.1, 0.15) is 412 Å². The molecule has 0 saturated carbocycles. The van der Waals surface area contributed by atoms with Gasteiger partial charge in [0.2, 0.25) is 5.91 Å². The van der Waals surface area contributed by atoms with Gasteiger partial charge in [-0.3, -0.25) is 9.59 Å². The van der Waals surface area contributed by atoms with E-state index in [-0.39, 0.29) is 18.5 Å². The van der Waals surface area contributed by atoms with Gasteiger partial charge in [0.15, 0.2) is 0 Å². The van der Waals surface area contributed by atoms with E-state index in [9.17, 15) is 19.8 Å². The highest BCUT2D eigenvalue weighted by molar-refractivity contribution is 5.76. The lowest BCUT2D eigenvalue weighted by Crippen LogP contribution is -2.45. The number of esters is 1. The molecule has 2 unspecified atom stereocenters. The summed E-state index contributed by atoms with van der Waals surface area (Å²) in [6.45, 7) is 4.93. The van der Waals surface area contributed by atoms with Gasteiger partial charge < -0.3 is 20.3 Å². The number of carbonyl (C=O) groups excluding carboxylic acids is 2. The largest absolute Gasteiger partial charge is 0.466 e. The van der Waals surface area contributed by atoms with Gasteiger partial charge >= 0.3 is 5.97 Å². The van der Waals surface area contributed by atoms with Gasteiger partial charge in [0.1, 0.15) is 0 Å². The van der Waals surface area contributed by atoms with E-state index in [4.69, 9.17) is 4.74 Å². The Kier molecular flexibility index (Phi) is 69.9. The molecule has 82 heavy (non-hydrogen) atoms. The summed E-state index contributed by atoms with van der Waals surface area (Å²) >= 11 is 0. The summed E-state index contributed by atoms with van der Waals surface area (Å²) in [4.78, 5) is 24.6. The monoisotopic (exact) mass is 1150 g/mol. The average molecular weight is 1150 g/mol. The lowest BCUT2D eigenvalue weighted by atomic mass is 10.0. The summed E-state index contributed by atoms with van der Waals surface area (Å²) in [5.74, 6) is -0.0515. The molecule has 0 radical (unpaired) electrons. The van der Waals surface area contributed by atoms with Crippen molar-refractivity contribution in [3.63, 3.8) is 0 Å². The van der Waals surface area contributed by atoms with Gasteiger partial charge in [-0.25, -0.2) is 0 Å². The SMILES string of the molecule is CCCCCC/C=C\C/C=C\CCCCCCCCCC(=O)OCCCCCCCCCCCCCCCCCCCCCCCCCCCCC(=O)NC(CO)C(O)/C=C/CCCCCCCCCCCCCCCCCCCCC. The van der Waals surface area contributed by atoms with Crippen molar-refractivity contribution >= 4 is 11.9 Å². The molecular weight excluding hydrogens is 1010 g/mol. The fourth-order valence-corrected chi connectivity index (χ4v) is 11.7. The highest BCUT2D eigenvalue weighted by Gasteiger charge is 2.18. The molecule has 0 bridgehead atoms. The molecule has 6 heteroatoms. The van der Waals surface area contributed by atoms with Crippen LogP contribution in [0.4, 0.5) is 0 Å². The lowest BCUT2D eigenvalue weighted by molar-refractivity contribution is -0.143. The van der Waals surface area contributed by atoms with E-state index in [1.807, 2.05) is 6.08 Å². The number of aliphatic hydroxyl groups is 2. The number of amides is 1. The van der Waals surface area contributed by atoms with Gasteiger partial charge in [-0.15, -0.1) is 0 Å². The van der Waals surface area contributed by atoms with Crippen LogP contribution < -0.4 is 5.32 Å². The summed E-state index contributed by atoms with van der Waals surface area (Å²) in [6.07, 6.45) is 92.3. The number of rotatable bonds is 70. The standard InChI is InChI=1S/C76H145NO5/c1-3-5-7-9-11-13-15-17-19-21-23-30-33-36-40-44-48-52-56-60-64-68-74(79)73(72-78)77-75(80)69-65-61-57-53-49-45-41-37-34-31-28-26-24-25-27-29-32-35-39-43-47-51-55-59-63-67-71-82-76(81)70-66-62-58-54-50-46-42-38-22-20-18-16-14-12-10-8-6-4-2/h14,16,20,22,64,68,73-74,78-79H,3-13,15,17-19,21,23-63,65-67,69-72H2,1-2H3,(H,77,80)/b16-14-,22-20-,68-64+. The number of hydrogen-bond acceptors (Lipinski definition) is 5. The Balaban J connectivity index is 3.38. The van der Waals surface area contributed by atoms with Gasteiger partial charge in [0.05, 0.1) is 25.4 Å². The Morgan fingerprint density at radius 2 is 0.610 bits per heavy atom. The van der Waals surface area contributed by atoms with Crippen molar-refractivity contribution in [1.29, 1.82) is 0 Å². The smallest absolute Gasteiger partial charge is 0.305 e. The molecule has 0 saturated heterocycles. The molecule has 0 fully saturated rings. The molecule has 0 aromatic carbocycles. The van der Waals surface area contributed by atoms with Crippen LogP contribution in [0.15, 0.2) is 36.5 Å². The Morgan fingerprint density at radius 1 is 0.341 bits per heavy atom. The molecule has 0 aliphatic rings. The summed E-state index contributed by atoms with van der Waals surface area (Å²) in [7, 11) is 0. The second kappa shape index (κ2) is 71.6. The predicted molar refractivity (Wildman–Crippen MR) is 361 cm³/mol. The van der Waals surface area contributed by atoms with Gasteiger partial charge in [-0.05, 0) is 64.2 Å². The summed E-state index contributed by atoms with van der Waals surface area (Å²) < 4.78 is 5.51. The molecule has 1 amide bonds. The van der Waals surface area contributed by atoms with Crippen LogP contribution in [0, 0.1) is 0 Å². The second-order valence-electron chi connectivity index (χ2n) is 25.6. The van der Waals surface area contributed by atoms with E-state index in [1.165, 1.54) is 334 Å². The zero-order chi connectivity index (χ0) is 59.2. The first kappa shape index (κ1) is 80.1. The number of unbranched alkanes of at least 4 members (excludes halogenated alkanes) is 55. The molecule has 0 aromatic heterocycles. The van der Waals surface area contributed by atoms with Crippen molar-refractivity contribution in [2.24, 2.45) is 0 Å². The maximum atomic E-state index is 12.5. The van der Waals surface area contributed by atoms with Gasteiger partial charge in [-0.2, -0.15) is 0 Å². The molecule has 0 rings (SSSR count). The van der Waals surface area contributed by atoms with Crippen LogP contribution >= 0.6 is 0 Å². The minimum absolute atomic E-state index is 0.0102. The molecule has 0 heterocycles. The molecule has 6 nitrogen and oxygen atoms in total. The Bertz CT molecular complexity index is 1330. The summed E-state index contributed by atoms with van der Waals surface area (Å²) in [5, 5.41) is 23.3. The Hall–Kier alpha value is -1.92. The fraction of sp³-hybridized carbons (Fsp3) is 0.895. The zero-order valence-corrected chi connectivity index (χ0v) is 55.5. The normalized spacial score (nSPS) is 12.7. The fourth-order valence-electron chi connectivity index (χ4n) is 11.7. The minimum Gasteiger partial charge on any atom is -0.466 e. The number of ether oxygens (including phenoxy) is 1. The maximum Gasteiger partial charge on any atom is 0.305 e. The third kappa shape index (κ3) is 67.2. The van der Waals surface area contributed by atoms with E-state index in [1.54, 1.807) is 6.08 Å². The molecule has 484 valence electrons. The first-order chi connectivity index (χ1) is 40.5. The maximum absolute atomic E-state index is 12.5. The quantitative estimate of drug-likeness (QED) is 0.0320. The number of allylic oxidation sites excluding steroid dienone is 5. The van der Waals surface area contributed by atoms with E-state index in [2.05, 4.69) is 43.5 Å². The number of nitrogens with one attached hydrogen (secondary N) is 1. The van der Waals surface area contributed by atoms with Crippen LogP contribution in [0.2, 0.25) is 0 Å². The van der Waals surface area contributed by atoms with Gasteiger partial charge in [-0.1, -0.05) is 371 Å². The van der Waals surface area contributed by atoms with E-state index in [0.717, 1.165) is 51.4 Å². The molecule has 2 atom stereocenters. The second-order valence-corrected chi connectivity index (χ2v) is 25.6.